The van der Waals surface area contributed by atoms with E-state index in [9.17, 15) is 4.79 Å². The van der Waals surface area contributed by atoms with Crippen molar-refractivity contribution in [2.45, 2.75) is 40.7 Å². The van der Waals surface area contributed by atoms with E-state index in [4.69, 9.17) is 10.2 Å². The minimum absolute atomic E-state index is 0.117. The topological polar surface area (TPSA) is 69.6 Å². The molecule has 0 saturated carbocycles. The molecule has 0 aromatic rings. The van der Waals surface area contributed by atoms with E-state index in [2.05, 4.69) is 5.32 Å². The van der Waals surface area contributed by atoms with E-state index in [1.54, 1.807) is 0 Å². The highest BCUT2D eigenvalue weighted by Gasteiger charge is 2.00. The fourth-order valence-electron chi connectivity index (χ4n) is 0.326. The van der Waals surface area contributed by atoms with Crippen molar-refractivity contribution in [3.05, 3.63) is 0 Å². The predicted molar refractivity (Wildman–Crippen MR) is 54.5 cm³/mol. The summed E-state index contributed by atoms with van der Waals surface area (Å²) >= 11 is 0. The van der Waals surface area contributed by atoms with Crippen molar-refractivity contribution >= 4 is 5.91 Å². The number of nitrogens with one attached hydrogen (secondary N) is 1. The molecule has 0 spiro atoms. The molecule has 0 saturated heterocycles. The molecule has 0 radical (unpaired) electrons. The molecule has 0 heterocycles. The second-order valence-electron chi connectivity index (χ2n) is 1.77. The largest absolute Gasteiger partial charge is 0.394 e. The van der Waals surface area contributed by atoms with Gasteiger partial charge in [-0.25, -0.2) is 0 Å². The van der Waals surface area contributed by atoms with Crippen molar-refractivity contribution in [1.29, 1.82) is 0 Å². The highest BCUT2D eigenvalue weighted by molar-refractivity contribution is 5.72. The smallest absolute Gasteiger partial charge is 0.216 e. The molecule has 4 nitrogen and oxygen atoms in total. The van der Waals surface area contributed by atoms with E-state index in [0.717, 1.165) is 0 Å². The lowest BCUT2D eigenvalue weighted by Crippen LogP contribution is -2.32. The third-order valence-electron chi connectivity index (χ3n) is 0.797. The number of rotatable bonds is 3. The summed E-state index contributed by atoms with van der Waals surface area (Å²) < 4.78 is 0. The van der Waals surface area contributed by atoms with E-state index in [1.165, 1.54) is 6.92 Å². The second-order valence-corrected chi connectivity index (χ2v) is 1.77. The molecule has 0 aromatic heterocycles. The van der Waals surface area contributed by atoms with Crippen LogP contribution in [0.25, 0.3) is 0 Å². The Morgan fingerprint density at radius 1 is 1.31 bits per heavy atom. The number of carbonyl (C=O) groups is 1. The Morgan fingerprint density at radius 2 is 1.69 bits per heavy atom. The molecule has 4 heteroatoms. The number of amides is 1. The van der Waals surface area contributed by atoms with Crippen LogP contribution in [-0.2, 0) is 4.79 Å². The van der Waals surface area contributed by atoms with Crippen LogP contribution in [0.5, 0.6) is 0 Å². The summed E-state index contributed by atoms with van der Waals surface area (Å²) in [6.45, 7) is 9.15. The highest BCUT2D eigenvalue weighted by Crippen LogP contribution is 1.75. The van der Waals surface area contributed by atoms with Crippen molar-refractivity contribution in [3.8, 4) is 0 Å². The van der Waals surface area contributed by atoms with Crippen molar-refractivity contribution in [2.75, 3.05) is 13.2 Å². The molecule has 0 aliphatic carbocycles. The Bertz CT molecular complexity index is 96.9. The molecule has 82 valence electrons. The fourth-order valence-corrected chi connectivity index (χ4v) is 0.326. The molecule has 0 aliphatic rings. The van der Waals surface area contributed by atoms with Gasteiger partial charge < -0.3 is 15.5 Å². The van der Waals surface area contributed by atoms with E-state index in [0.29, 0.717) is 0 Å². The first-order valence-electron chi connectivity index (χ1n) is 4.70. The van der Waals surface area contributed by atoms with Gasteiger partial charge in [-0.3, -0.25) is 4.79 Å². The van der Waals surface area contributed by atoms with Gasteiger partial charge in [0, 0.05) is 13.5 Å². The van der Waals surface area contributed by atoms with Crippen LogP contribution in [0, 0.1) is 0 Å². The summed E-state index contributed by atoms with van der Waals surface area (Å²) in [4.78, 5) is 10.2. The molecule has 0 aliphatic heterocycles. The molecule has 1 atom stereocenters. The first-order chi connectivity index (χ1) is 6.16. The van der Waals surface area contributed by atoms with Gasteiger partial charge in [0.2, 0.25) is 5.91 Å². The van der Waals surface area contributed by atoms with E-state index < -0.39 is 6.10 Å². The maximum Gasteiger partial charge on any atom is 0.216 e. The van der Waals surface area contributed by atoms with E-state index in [1.807, 2.05) is 27.7 Å². The van der Waals surface area contributed by atoms with Gasteiger partial charge in [0.15, 0.2) is 0 Å². The lowest BCUT2D eigenvalue weighted by molar-refractivity contribution is -0.119. The van der Waals surface area contributed by atoms with Gasteiger partial charge in [0.05, 0.1) is 12.7 Å². The Labute approximate surface area is 81.0 Å². The van der Waals surface area contributed by atoms with Crippen LogP contribution < -0.4 is 5.32 Å². The van der Waals surface area contributed by atoms with Gasteiger partial charge in [-0.1, -0.05) is 27.7 Å². The summed E-state index contributed by atoms with van der Waals surface area (Å²) in [6, 6.07) is 0. The first kappa shape index (κ1) is 18.2. The van der Waals surface area contributed by atoms with Crippen LogP contribution in [0.1, 0.15) is 34.6 Å². The molecule has 13 heavy (non-hydrogen) atoms. The molecule has 1 amide bonds. The maximum atomic E-state index is 10.2. The zero-order chi connectivity index (χ0) is 11.3. The highest BCUT2D eigenvalue weighted by atomic mass is 16.3. The maximum absolute atomic E-state index is 10.2. The molecule has 0 rings (SSSR count). The summed E-state index contributed by atoms with van der Waals surface area (Å²) in [5, 5.41) is 19.2. The van der Waals surface area contributed by atoms with Crippen molar-refractivity contribution in [1.82, 2.24) is 5.32 Å². The third-order valence-corrected chi connectivity index (χ3v) is 0.797. The zero-order valence-electron chi connectivity index (χ0n) is 9.29. The van der Waals surface area contributed by atoms with Crippen LogP contribution in [0.15, 0.2) is 0 Å². The summed E-state index contributed by atoms with van der Waals surface area (Å²) in [6.07, 6.45) is -0.839. The van der Waals surface area contributed by atoms with Gasteiger partial charge in [-0.2, -0.15) is 0 Å². The lowest BCUT2D eigenvalue weighted by atomic mass is 10.4. The molecular weight excluding hydrogens is 170 g/mol. The Kier molecular flexibility index (Phi) is 24.5. The summed E-state index contributed by atoms with van der Waals surface area (Å²) in [7, 11) is 0. The predicted octanol–water partition coefficient (Wildman–Crippen LogP) is 0.528. The molecule has 0 bridgehead atoms. The minimum Gasteiger partial charge on any atom is -0.394 e. The van der Waals surface area contributed by atoms with E-state index in [-0.39, 0.29) is 19.1 Å². The van der Waals surface area contributed by atoms with Gasteiger partial charge >= 0.3 is 0 Å². The second kappa shape index (κ2) is 17.5. The standard InChI is InChI=1S/C5H11NO3.2C2H6/c1-4(8)6-2-5(9)3-7;2*1-2/h5,7,9H,2-3H2,1H3,(H,6,8);2*1-2H3. The number of hydrogen-bond donors (Lipinski definition) is 3. The normalized spacial score (nSPS) is 9.77. The van der Waals surface area contributed by atoms with E-state index >= 15 is 0 Å². The van der Waals surface area contributed by atoms with Crippen LogP contribution >= 0.6 is 0 Å². The fraction of sp³-hybridized carbons (Fsp3) is 0.889. The van der Waals surface area contributed by atoms with Crippen LogP contribution in [-0.4, -0.2) is 35.4 Å². The molecular formula is C9H23NO3. The van der Waals surface area contributed by atoms with Crippen LogP contribution in [0.4, 0.5) is 0 Å². The summed E-state index contributed by atoms with van der Waals surface area (Å²) in [5.74, 6) is -0.206. The Balaban J connectivity index is -0.000000218. The van der Waals surface area contributed by atoms with Gasteiger partial charge in [-0.15, -0.1) is 0 Å². The summed E-state index contributed by atoms with van der Waals surface area (Å²) in [5.41, 5.74) is 0. The van der Waals surface area contributed by atoms with Crippen molar-refractivity contribution in [3.63, 3.8) is 0 Å². The lowest BCUT2D eigenvalue weighted by Gasteiger charge is -2.05. The number of aliphatic hydroxyl groups is 2. The average Bonchev–Trinajstić information content (AvgIpc) is 2.20. The van der Waals surface area contributed by atoms with Crippen molar-refractivity contribution < 1.29 is 15.0 Å². The molecule has 0 fully saturated rings. The molecule has 1 unspecified atom stereocenters. The first-order valence-corrected chi connectivity index (χ1v) is 4.70. The molecule has 3 N–H and O–H groups in total. The Morgan fingerprint density at radius 3 is 1.92 bits per heavy atom. The van der Waals surface area contributed by atoms with Gasteiger partial charge in [0.25, 0.3) is 0 Å². The monoisotopic (exact) mass is 193 g/mol. The average molecular weight is 193 g/mol. The minimum atomic E-state index is -0.839. The Hall–Kier alpha value is -0.610. The SMILES string of the molecule is CC.CC.CC(=O)NCC(O)CO. The van der Waals surface area contributed by atoms with Crippen molar-refractivity contribution in [2.24, 2.45) is 0 Å². The quantitative estimate of drug-likeness (QED) is 0.612. The van der Waals surface area contributed by atoms with Crippen LogP contribution in [0.3, 0.4) is 0 Å². The third kappa shape index (κ3) is 24.6. The van der Waals surface area contributed by atoms with Gasteiger partial charge in [-0.05, 0) is 0 Å². The number of hydrogen-bond acceptors (Lipinski definition) is 3. The number of aliphatic hydroxyl groups excluding tert-OH is 2. The number of carbonyl (C=O) groups excluding carboxylic acids is 1. The zero-order valence-corrected chi connectivity index (χ0v) is 9.29. The van der Waals surface area contributed by atoms with Gasteiger partial charge in [0.1, 0.15) is 0 Å². The molecule has 0 aromatic carbocycles. The van der Waals surface area contributed by atoms with Crippen LogP contribution in [0.2, 0.25) is 0 Å².